The molecule has 5 nitrogen and oxygen atoms in total. The van der Waals surface area contributed by atoms with Gasteiger partial charge in [-0.1, -0.05) is 32.3 Å². The lowest BCUT2D eigenvalue weighted by Gasteiger charge is -2.34. The quantitative estimate of drug-likeness (QED) is 0.527. The fraction of sp³-hybridized carbons (Fsp3) is 0.333. The highest BCUT2D eigenvalue weighted by atomic mass is 19.4. The second kappa shape index (κ2) is 7.90. The van der Waals surface area contributed by atoms with Crippen LogP contribution in [0.2, 0.25) is 0 Å². The zero-order valence-corrected chi connectivity index (χ0v) is 17.8. The maximum Gasteiger partial charge on any atom is 0.417 e. The van der Waals surface area contributed by atoms with Gasteiger partial charge in [0.05, 0.1) is 22.2 Å². The predicted octanol–water partition coefficient (Wildman–Crippen LogP) is 5.17. The van der Waals surface area contributed by atoms with Gasteiger partial charge in [0.1, 0.15) is 17.1 Å². The highest BCUT2D eigenvalue weighted by Gasteiger charge is 2.35. The molecule has 174 valence electrons. The number of benzene rings is 2. The third kappa shape index (κ3) is 3.85. The minimum atomic E-state index is -4.90. The molecule has 0 spiro atoms. The van der Waals surface area contributed by atoms with Crippen LogP contribution in [0.4, 0.5) is 17.6 Å². The van der Waals surface area contributed by atoms with Crippen molar-refractivity contribution in [1.29, 1.82) is 0 Å². The fourth-order valence-corrected chi connectivity index (χ4v) is 4.80. The van der Waals surface area contributed by atoms with Gasteiger partial charge in [-0.25, -0.2) is 4.39 Å². The molecule has 0 unspecified atom stereocenters. The fourth-order valence-electron chi connectivity index (χ4n) is 4.80. The van der Waals surface area contributed by atoms with Crippen molar-refractivity contribution < 1.29 is 27.5 Å². The average molecular weight is 462 g/mol. The average Bonchev–Trinajstić information content (AvgIpc) is 2.75. The summed E-state index contributed by atoms with van der Waals surface area (Å²) in [5, 5.41) is 9.97. The number of halogens is 4. The molecule has 1 heterocycles. The Labute approximate surface area is 186 Å². The number of hydrogen-bond acceptors (Lipinski definition) is 3. The number of amides is 1. The zero-order chi connectivity index (χ0) is 24.1. The van der Waals surface area contributed by atoms with E-state index in [0.29, 0.717) is 11.6 Å². The standard InChI is InChI=1S/C24H22F4N2O3/c1-23(8-3-2-4-9-23)15-10-16(25)18(11-19(15)31)30-12-13(22(29)33)21(32)20-14(24(26,27)28)6-5-7-17(20)30/h5-7,10-12,31H,2-4,8-9H2,1H3,(H2,29,33). The smallest absolute Gasteiger partial charge is 0.417 e. The Hall–Kier alpha value is -3.36. The number of carbonyl (C=O) groups is 1. The van der Waals surface area contributed by atoms with Crippen LogP contribution < -0.4 is 11.2 Å². The van der Waals surface area contributed by atoms with E-state index in [2.05, 4.69) is 0 Å². The molecule has 1 amide bonds. The Morgan fingerprint density at radius 2 is 1.82 bits per heavy atom. The Bertz CT molecular complexity index is 1320. The van der Waals surface area contributed by atoms with Gasteiger partial charge in [-0.05, 0) is 36.5 Å². The number of aromatic hydroxyl groups is 1. The van der Waals surface area contributed by atoms with Crippen LogP contribution in [-0.2, 0) is 11.6 Å². The Morgan fingerprint density at radius 3 is 2.42 bits per heavy atom. The first kappa shape index (κ1) is 22.8. The van der Waals surface area contributed by atoms with Gasteiger partial charge in [-0.3, -0.25) is 9.59 Å². The number of nitrogens with two attached hydrogens (primary N) is 1. The molecule has 3 aromatic rings. The van der Waals surface area contributed by atoms with Gasteiger partial charge in [0.25, 0.3) is 5.91 Å². The van der Waals surface area contributed by atoms with Crippen LogP contribution in [-0.4, -0.2) is 15.6 Å². The topological polar surface area (TPSA) is 85.3 Å². The first-order valence-electron chi connectivity index (χ1n) is 10.5. The maximum absolute atomic E-state index is 15.4. The third-order valence-corrected chi connectivity index (χ3v) is 6.53. The van der Waals surface area contributed by atoms with Crippen LogP contribution in [0.5, 0.6) is 5.75 Å². The number of hydrogen-bond donors (Lipinski definition) is 2. The number of phenols is 1. The molecule has 2 aromatic carbocycles. The first-order valence-corrected chi connectivity index (χ1v) is 10.5. The molecule has 1 aromatic heterocycles. The van der Waals surface area contributed by atoms with Crippen LogP contribution in [0.15, 0.2) is 41.3 Å². The van der Waals surface area contributed by atoms with Crippen LogP contribution in [0.25, 0.3) is 16.6 Å². The van der Waals surface area contributed by atoms with Crippen molar-refractivity contribution in [3.63, 3.8) is 0 Å². The highest BCUT2D eigenvalue weighted by Crippen LogP contribution is 2.44. The number of phenolic OH excluding ortho intramolecular Hbond substituents is 1. The SMILES string of the molecule is CC1(c2cc(F)c(-n3cc(C(N)=O)c(=O)c4c(C(F)(F)F)cccc43)cc2O)CCCCC1. The summed E-state index contributed by atoms with van der Waals surface area (Å²) in [6, 6.07) is 5.29. The summed E-state index contributed by atoms with van der Waals surface area (Å²) in [7, 11) is 0. The summed E-state index contributed by atoms with van der Waals surface area (Å²) in [4.78, 5) is 24.6. The summed E-state index contributed by atoms with van der Waals surface area (Å²) in [5.74, 6) is -2.27. The lowest BCUT2D eigenvalue weighted by molar-refractivity contribution is -0.136. The molecule has 0 atom stereocenters. The predicted molar refractivity (Wildman–Crippen MR) is 115 cm³/mol. The number of pyridine rings is 1. The Balaban J connectivity index is 2.03. The van der Waals surface area contributed by atoms with Gasteiger partial charge < -0.3 is 15.4 Å². The normalized spacial score (nSPS) is 16.2. The van der Waals surface area contributed by atoms with Crippen molar-refractivity contribution in [3.8, 4) is 11.4 Å². The number of carbonyl (C=O) groups excluding carboxylic acids is 1. The van der Waals surface area contributed by atoms with E-state index < -0.39 is 45.3 Å². The minimum absolute atomic E-state index is 0.213. The van der Waals surface area contributed by atoms with E-state index in [0.717, 1.165) is 55.0 Å². The van der Waals surface area contributed by atoms with Crippen molar-refractivity contribution in [1.82, 2.24) is 4.57 Å². The van der Waals surface area contributed by atoms with Gasteiger partial charge in [-0.15, -0.1) is 0 Å². The summed E-state index contributed by atoms with van der Waals surface area (Å²) in [5.41, 5.74) is 1.47. The molecular weight excluding hydrogens is 440 g/mol. The van der Waals surface area contributed by atoms with E-state index >= 15 is 4.39 Å². The number of primary amides is 1. The minimum Gasteiger partial charge on any atom is -0.508 e. The van der Waals surface area contributed by atoms with Gasteiger partial charge in [0.2, 0.25) is 5.43 Å². The molecule has 9 heteroatoms. The lowest BCUT2D eigenvalue weighted by atomic mass is 9.70. The molecule has 1 fully saturated rings. The van der Waals surface area contributed by atoms with E-state index in [-0.39, 0.29) is 17.0 Å². The third-order valence-electron chi connectivity index (χ3n) is 6.53. The summed E-state index contributed by atoms with van der Waals surface area (Å²) >= 11 is 0. The number of fused-ring (bicyclic) bond motifs is 1. The number of nitrogens with zero attached hydrogens (tertiary/aromatic N) is 1. The summed E-state index contributed by atoms with van der Waals surface area (Å²) in [6.07, 6.45) is 0.470. The lowest BCUT2D eigenvalue weighted by Crippen LogP contribution is -2.26. The molecule has 1 saturated carbocycles. The van der Waals surface area contributed by atoms with Crippen LogP contribution >= 0.6 is 0 Å². The Morgan fingerprint density at radius 1 is 1.15 bits per heavy atom. The van der Waals surface area contributed by atoms with Crippen molar-refractivity contribution in [3.05, 3.63) is 69.3 Å². The van der Waals surface area contributed by atoms with Crippen LogP contribution in [0.3, 0.4) is 0 Å². The molecule has 0 bridgehead atoms. The first-order chi connectivity index (χ1) is 15.4. The van der Waals surface area contributed by atoms with Crippen LogP contribution in [0, 0.1) is 5.82 Å². The van der Waals surface area contributed by atoms with Gasteiger partial charge in [-0.2, -0.15) is 13.2 Å². The van der Waals surface area contributed by atoms with Crippen molar-refractivity contribution >= 4 is 16.8 Å². The monoisotopic (exact) mass is 462 g/mol. The van der Waals surface area contributed by atoms with Gasteiger partial charge in [0, 0.05) is 17.8 Å². The van der Waals surface area contributed by atoms with Crippen molar-refractivity contribution in [2.24, 2.45) is 5.73 Å². The summed E-state index contributed by atoms with van der Waals surface area (Å²) in [6.45, 7) is 1.94. The van der Waals surface area contributed by atoms with E-state index in [4.69, 9.17) is 5.73 Å². The highest BCUT2D eigenvalue weighted by molar-refractivity contribution is 5.97. The van der Waals surface area contributed by atoms with Crippen molar-refractivity contribution in [2.75, 3.05) is 0 Å². The molecule has 1 aliphatic rings. The van der Waals surface area contributed by atoms with E-state index in [9.17, 15) is 27.9 Å². The number of alkyl halides is 3. The van der Waals surface area contributed by atoms with Gasteiger partial charge in [0.15, 0.2) is 0 Å². The zero-order valence-electron chi connectivity index (χ0n) is 17.8. The molecule has 4 rings (SSSR count). The molecule has 33 heavy (non-hydrogen) atoms. The van der Waals surface area contributed by atoms with Crippen molar-refractivity contribution in [2.45, 2.75) is 50.6 Å². The molecule has 0 aliphatic heterocycles. The molecule has 0 saturated heterocycles. The number of aromatic nitrogens is 1. The molecule has 3 N–H and O–H groups in total. The summed E-state index contributed by atoms with van der Waals surface area (Å²) < 4.78 is 57.2. The second-order valence-corrected chi connectivity index (χ2v) is 8.75. The molecular formula is C24H22F4N2O3. The van der Waals surface area contributed by atoms with E-state index in [1.807, 2.05) is 6.92 Å². The van der Waals surface area contributed by atoms with E-state index in [1.54, 1.807) is 0 Å². The van der Waals surface area contributed by atoms with E-state index in [1.165, 1.54) is 12.1 Å². The Kier molecular flexibility index (Phi) is 5.46. The molecule has 0 radical (unpaired) electrons. The van der Waals surface area contributed by atoms with Gasteiger partial charge >= 0.3 is 6.18 Å². The van der Waals surface area contributed by atoms with Crippen LogP contribution in [0.1, 0.15) is 60.5 Å². The number of rotatable bonds is 3. The maximum atomic E-state index is 15.4. The largest absolute Gasteiger partial charge is 0.508 e. The molecule has 1 aliphatic carbocycles. The second-order valence-electron chi connectivity index (χ2n) is 8.75.